The number of hydrogen-bond donors (Lipinski definition) is 2. The van der Waals surface area contributed by atoms with Gasteiger partial charge in [0.15, 0.2) is 29.3 Å². The van der Waals surface area contributed by atoms with E-state index in [1.165, 1.54) is 17.8 Å². The highest BCUT2D eigenvalue weighted by Gasteiger charge is 2.28. The monoisotopic (exact) mass is 574 g/mol. The maximum absolute atomic E-state index is 13.5. The van der Waals surface area contributed by atoms with Crippen LogP contribution >= 0.6 is 0 Å². The summed E-state index contributed by atoms with van der Waals surface area (Å²) in [5, 5.41) is 31.4. The Hall–Kier alpha value is -4.21. The SMILES string of the molecule is COc1cnn2cc(-c3nn4c(c3C)CN(CC3CCC(NC#N)CC3)CC4)cc(O[C@@H](CO)c3ccc(F)cn3)c12. The van der Waals surface area contributed by atoms with E-state index in [0.29, 0.717) is 34.7 Å². The first kappa shape index (κ1) is 27.9. The van der Waals surface area contributed by atoms with Crippen molar-refractivity contribution in [1.29, 1.82) is 5.26 Å². The lowest BCUT2D eigenvalue weighted by Crippen LogP contribution is -2.39. The van der Waals surface area contributed by atoms with Gasteiger partial charge in [0.2, 0.25) is 0 Å². The Balaban J connectivity index is 1.26. The van der Waals surface area contributed by atoms with Crippen LogP contribution in [0.3, 0.4) is 0 Å². The minimum Gasteiger partial charge on any atom is -0.493 e. The van der Waals surface area contributed by atoms with Crippen molar-refractivity contribution >= 4 is 5.52 Å². The summed E-state index contributed by atoms with van der Waals surface area (Å²) >= 11 is 0. The number of nitrogens with one attached hydrogen (secondary N) is 1. The van der Waals surface area contributed by atoms with E-state index in [2.05, 4.69) is 38.1 Å². The van der Waals surface area contributed by atoms with Gasteiger partial charge in [0.25, 0.3) is 0 Å². The van der Waals surface area contributed by atoms with Crippen molar-refractivity contribution in [3.8, 4) is 28.9 Å². The van der Waals surface area contributed by atoms with Crippen LogP contribution < -0.4 is 14.8 Å². The molecule has 4 aromatic rings. The van der Waals surface area contributed by atoms with Crippen molar-refractivity contribution in [3.05, 3.63) is 59.6 Å². The van der Waals surface area contributed by atoms with E-state index in [4.69, 9.17) is 19.8 Å². The van der Waals surface area contributed by atoms with Crippen molar-refractivity contribution in [3.63, 3.8) is 0 Å². The van der Waals surface area contributed by atoms with Crippen molar-refractivity contribution in [2.45, 2.75) is 57.8 Å². The number of rotatable bonds is 9. The minimum absolute atomic E-state index is 0.319. The summed E-state index contributed by atoms with van der Waals surface area (Å²) in [6, 6.07) is 5.00. The van der Waals surface area contributed by atoms with Gasteiger partial charge in [0.1, 0.15) is 5.82 Å². The maximum Gasteiger partial charge on any atom is 0.176 e. The third-order valence-electron chi connectivity index (χ3n) is 8.51. The van der Waals surface area contributed by atoms with Gasteiger partial charge < -0.3 is 19.9 Å². The molecule has 220 valence electrons. The number of nitrogens with zero attached hydrogens (tertiary/aromatic N) is 7. The molecule has 0 amide bonds. The number of methoxy groups -OCH3 is 1. The van der Waals surface area contributed by atoms with Crippen molar-refractivity contribution in [1.82, 2.24) is 34.6 Å². The molecule has 2 N–H and O–H groups in total. The molecular formula is C30H35FN8O3. The lowest BCUT2D eigenvalue weighted by Gasteiger charge is -2.34. The first-order chi connectivity index (χ1) is 20.5. The topological polar surface area (TPSA) is 126 Å². The summed E-state index contributed by atoms with van der Waals surface area (Å²) in [5.74, 6) is 1.15. The van der Waals surface area contributed by atoms with Crippen LogP contribution in [0.15, 0.2) is 36.8 Å². The molecule has 0 spiro atoms. The van der Waals surface area contributed by atoms with Crippen LogP contribution in [-0.4, -0.2) is 67.2 Å². The Morgan fingerprint density at radius 2 is 2.02 bits per heavy atom. The molecule has 12 heteroatoms. The smallest absolute Gasteiger partial charge is 0.176 e. The fourth-order valence-corrected chi connectivity index (χ4v) is 6.22. The summed E-state index contributed by atoms with van der Waals surface area (Å²) in [6.07, 6.45) is 10.3. The summed E-state index contributed by atoms with van der Waals surface area (Å²) < 4.78 is 29.1. The van der Waals surface area contributed by atoms with Crippen molar-refractivity contribution in [2.24, 2.45) is 5.92 Å². The molecule has 0 unspecified atom stereocenters. The number of hydrogen-bond acceptors (Lipinski definition) is 9. The number of aliphatic hydroxyl groups excluding tert-OH is 1. The van der Waals surface area contributed by atoms with E-state index in [9.17, 15) is 9.50 Å². The van der Waals surface area contributed by atoms with Gasteiger partial charge in [-0.25, -0.2) is 8.91 Å². The normalized spacial score (nSPS) is 19.7. The van der Waals surface area contributed by atoms with Crippen LogP contribution in [0.1, 0.15) is 48.7 Å². The van der Waals surface area contributed by atoms with Gasteiger partial charge in [-0.2, -0.15) is 15.5 Å². The molecule has 0 saturated heterocycles. The van der Waals surface area contributed by atoms with E-state index in [1.807, 2.05) is 12.3 Å². The Kier molecular flexibility index (Phi) is 7.95. The van der Waals surface area contributed by atoms with E-state index >= 15 is 0 Å². The molecule has 1 aliphatic heterocycles. The number of ether oxygens (including phenoxy) is 2. The number of nitriles is 1. The molecule has 1 saturated carbocycles. The van der Waals surface area contributed by atoms with Gasteiger partial charge >= 0.3 is 0 Å². The molecule has 42 heavy (non-hydrogen) atoms. The molecule has 1 atom stereocenters. The molecular weight excluding hydrogens is 539 g/mol. The maximum atomic E-state index is 13.5. The molecule has 5 heterocycles. The molecule has 11 nitrogen and oxygen atoms in total. The Morgan fingerprint density at radius 3 is 2.74 bits per heavy atom. The second kappa shape index (κ2) is 12.0. The van der Waals surface area contributed by atoms with Gasteiger partial charge in [-0.3, -0.25) is 14.6 Å². The van der Waals surface area contributed by atoms with Crippen LogP contribution in [0.25, 0.3) is 16.8 Å². The lowest BCUT2D eigenvalue weighted by atomic mass is 9.85. The molecule has 0 aromatic carbocycles. The molecule has 0 bridgehead atoms. The lowest BCUT2D eigenvalue weighted by molar-refractivity contribution is 0.114. The van der Waals surface area contributed by atoms with Gasteiger partial charge in [0, 0.05) is 37.4 Å². The standard InChI is InChI=1S/C30H35FN8O3/c1-19-25-16-37(14-20-3-6-23(7-4-20)34-18-32)9-10-38(25)36-29(19)21-11-26(30-27(41-2)13-35-39(30)15-21)42-28(17-40)24-8-5-22(31)12-33-24/h5,8,11-13,15,20,23,28,34,40H,3-4,6-7,9-10,14,16-17H2,1-2H3/t20?,23?,28-/m0/s1. The van der Waals surface area contributed by atoms with Crippen LogP contribution in [0.2, 0.25) is 0 Å². The average Bonchev–Trinajstić information content (AvgIpc) is 3.58. The van der Waals surface area contributed by atoms with E-state index in [0.717, 1.165) is 74.9 Å². The first-order valence-electron chi connectivity index (χ1n) is 14.3. The number of aliphatic hydroxyl groups is 1. The Labute approximate surface area is 243 Å². The Morgan fingerprint density at radius 1 is 1.19 bits per heavy atom. The summed E-state index contributed by atoms with van der Waals surface area (Å²) in [6.45, 7) is 5.39. The van der Waals surface area contributed by atoms with Crippen LogP contribution in [0, 0.1) is 30.1 Å². The zero-order valence-corrected chi connectivity index (χ0v) is 23.8. The zero-order valence-electron chi connectivity index (χ0n) is 23.8. The van der Waals surface area contributed by atoms with Gasteiger partial charge in [0.05, 0.1) is 49.7 Å². The minimum atomic E-state index is -0.820. The number of fused-ring (bicyclic) bond motifs is 2. The fraction of sp³-hybridized carbons (Fsp3) is 0.467. The van der Waals surface area contributed by atoms with E-state index < -0.39 is 11.9 Å². The molecule has 1 aliphatic carbocycles. The molecule has 0 radical (unpaired) electrons. The third-order valence-corrected chi connectivity index (χ3v) is 8.51. The van der Waals surface area contributed by atoms with Gasteiger partial charge in [-0.05, 0) is 62.3 Å². The largest absolute Gasteiger partial charge is 0.493 e. The van der Waals surface area contributed by atoms with E-state index in [-0.39, 0.29) is 6.61 Å². The summed E-state index contributed by atoms with van der Waals surface area (Å²) in [5.41, 5.74) is 4.97. The second-order valence-corrected chi connectivity index (χ2v) is 11.1. The molecule has 4 aromatic heterocycles. The molecule has 6 rings (SSSR count). The summed E-state index contributed by atoms with van der Waals surface area (Å²) in [4.78, 5) is 6.63. The fourth-order valence-electron chi connectivity index (χ4n) is 6.22. The number of pyridine rings is 2. The van der Waals surface area contributed by atoms with E-state index in [1.54, 1.807) is 17.8 Å². The zero-order chi connectivity index (χ0) is 29.2. The highest BCUT2D eigenvalue weighted by atomic mass is 19.1. The highest BCUT2D eigenvalue weighted by Crippen LogP contribution is 2.37. The van der Waals surface area contributed by atoms with Crippen molar-refractivity contribution < 1.29 is 19.0 Å². The van der Waals surface area contributed by atoms with Crippen LogP contribution in [-0.2, 0) is 13.1 Å². The first-order valence-corrected chi connectivity index (χ1v) is 14.3. The predicted octanol–water partition coefficient (Wildman–Crippen LogP) is 3.61. The quantitative estimate of drug-likeness (QED) is 0.228. The van der Waals surface area contributed by atoms with Gasteiger partial charge in [-0.1, -0.05) is 0 Å². The highest BCUT2D eigenvalue weighted by molar-refractivity contribution is 5.75. The van der Waals surface area contributed by atoms with Crippen LogP contribution in [0.5, 0.6) is 11.5 Å². The van der Waals surface area contributed by atoms with Crippen molar-refractivity contribution in [2.75, 3.05) is 26.8 Å². The number of aromatic nitrogens is 5. The Bertz CT molecular complexity index is 1590. The molecule has 2 aliphatic rings. The van der Waals surface area contributed by atoms with Gasteiger partial charge in [-0.15, -0.1) is 0 Å². The average molecular weight is 575 g/mol. The predicted molar refractivity (Wildman–Crippen MR) is 152 cm³/mol. The third kappa shape index (κ3) is 5.49. The van der Waals surface area contributed by atoms with Crippen LogP contribution in [0.4, 0.5) is 4.39 Å². The number of halogens is 1. The molecule has 1 fully saturated rings. The second-order valence-electron chi connectivity index (χ2n) is 11.1. The summed E-state index contributed by atoms with van der Waals surface area (Å²) in [7, 11) is 1.56.